The van der Waals surface area contributed by atoms with E-state index < -0.39 is 5.82 Å². The second kappa shape index (κ2) is 8.20. The number of halogens is 1. The molecule has 3 aromatic rings. The summed E-state index contributed by atoms with van der Waals surface area (Å²) in [5, 5.41) is 23.2. The zero-order valence-corrected chi connectivity index (χ0v) is 19.7. The van der Waals surface area contributed by atoms with Gasteiger partial charge in [-0.2, -0.15) is 0 Å². The van der Waals surface area contributed by atoms with Gasteiger partial charge in [0, 0.05) is 47.6 Å². The fraction of sp³-hybridized carbons (Fsp3) is 0.423. The summed E-state index contributed by atoms with van der Waals surface area (Å²) in [5.74, 6) is 0.0734. The van der Waals surface area contributed by atoms with Gasteiger partial charge in [-0.15, -0.1) is 10.2 Å². The average Bonchev–Trinajstić information content (AvgIpc) is 2.78. The van der Waals surface area contributed by atoms with Crippen molar-refractivity contribution in [2.45, 2.75) is 63.1 Å². The van der Waals surface area contributed by atoms with Gasteiger partial charge in [0.05, 0.1) is 5.69 Å². The zero-order valence-electron chi connectivity index (χ0n) is 19.7. The van der Waals surface area contributed by atoms with Crippen LogP contribution >= 0.6 is 0 Å². The van der Waals surface area contributed by atoms with Crippen LogP contribution in [0.5, 0.6) is 5.75 Å². The minimum atomic E-state index is -0.552. The molecule has 0 saturated carbocycles. The number of nitrogens with zero attached hydrogens (tertiary/aromatic N) is 3. The van der Waals surface area contributed by atoms with Crippen LogP contribution in [-0.2, 0) is 0 Å². The minimum absolute atomic E-state index is 0.126. The summed E-state index contributed by atoms with van der Waals surface area (Å²) < 4.78 is 14.9. The Hall–Kier alpha value is -3.26. The molecule has 34 heavy (non-hydrogen) atoms. The number of anilines is 1. The highest BCUT2D eigenvalue weighted by atomic mass is 19.1. The van der Waals surface area contributed by atoms with Gasteiger partial charge in [-0.3, -0.25) is 4.79 Å². The van der Waals surface area contributed by atoms with E-state index in [9.17, 15) is 14.3 Å². The van der Waals surface area contributed by atoms with Gasteiger partial charge in [0.1, 0.15) is 11.6 Å². The van der Waals surface area contributed by atoms with Crippen molar-refractivity contribution in [3.8, 4) is 28.1 Å². The highest BCUT2D eigenvalue weighted by molar-refractivity contribution is 5.74. The molecule has 1 aromatic carbocycles. The van der Waals surface area contributed by atoms with Crippen LogP contribution < -0.4 is 15.8 Å². The first kappa shape index (κ1) is 22.5. The van der Waals surface area contributed by atoms with Crippen molar-refractivity contribution in [1.82, 2.24) is 20.5 Å². The van der Waals surface area contributed by atoms with Crippen molar-refractivity contribution in [2.24, 2.45) is 0 Å². The first-order valence-electron chi connectivity index (χ1n) is 11.7. The fourth-order valence-electron chi connectivity index (χ4n) is 5.86. The van der Waals surface area contributed by atoms with E-state index in [1.54, 1.807) is 12.1 Å². The Bertz CT molecular complexity index is 1260. The van der Waals surface area contributed by atoms with E-state index in [1.807, 2.05) is 6.07 Å². The molecule has 2 bridgehead atoms. The monoisotopic (exact) mass is 463 g/mol. The largest absolute Gasteiger partial charge is 0.507 e. The molecule has 8 heteroatoms. The van der Waals surface area contributed by atoms with E-state index in [0.717, 1.165) is 18.7 Å². The number of piperidine rings is 2. The van der Waals surface area contributed by atoms with Crippen LogP contribution in [-0.4, -0.2) is 44.5 Å². The smallest absolute Gasteiger partial charge is 0.248 e. The highest BCUT2D eigenvalue weighted by Gasteiger charge is 2.46. The molecule has 2 aliphatic rings. The van der Waals surface area contributed by atoms with E-state index >= 15 is 0 Å². The van der Waals surface area contributed by atoms with Gasteiger partial charge >= 0.3 is 0 Å². The molecular formula is C26H30FN5O2. The number of hydrogen-bond acceptors (Lipinski definition) is 6. The number of hydrogen-bond donors (Lipinski definition) is 3. The second-order valence-corrected chi connectivity index (χ2v) is 10.3. The average molecular weight is 464 g/mol. The van der Waals surface area contributed by atoms with Crippen LogP contribution in [0, 0.1) is 5.82 Å². The lowest BCUT2D eigenvalue weighted by molar-refractivity contribution is 0.0784. The first-order chi connectivity index (χ1) is 16.1. The van der Waals surface area contributed by atoms with Crippen LogP contribution in [0.3, 0.4) is 0 Å². The van der Waals surface area contributed by atoms with Crippen molar-refractivity contribution >= 4 is 5.82 Å². The van der Waals surface area contributed by atoms with Gasteiger partial charge in [0.25, 0.3) is 0 Å². The summed E-state index contributed by atoms with van der Waals surface area (Å²) >= 11 is 0. The van der Waals surface area contributed by atoms with Crippen molar-refractivity contribution in [1.29, 1.82) is 0 Å². The number of benzene rings is 1. The number of pyridine rings is 1. The van der Waals surface area contributed by atoms with Gasteiger partial charge < -0.3 is 20.3 Å². The highest BCUT2D eigenvalue weighted by Crippen LogP contribution is 2.42. The molecule has 2 fully saturated rings. The lowest BCUT2D eigenvalue weighted by atomic mass is 9.69. The minimum Gasteiger partial charge on any atom is -0.507 e. The molecule has 4 heterocycles. The standard InChI is InChI=1S/C26H30FN5O2/c1-25-8-4-9-26(2,31-25)15-17(14-25)32(3)23-6-5-21(29-30-23)19-12-20(27)18(13-22(19)33)16-7-10-28-24(34)11-16/h5-7,10-13,17,31,33H,4,8-9,14-15H2,1-3H3,(H,28,34)/t17?,25-,26+. The molecule has 2 saturated heterocycles. The summed E-state index contributed by atoms with van der Waals surface area (Å²) in [4.78, 5) is 16.3. The van der Waals surface area contributed by atoms with Crippen molar-refractivity contribution in [3.05, 3.63) is 58.8 Å². The van der Waals surface area contributed by atoms with Crippen LogP contribution in [0.15, 0.2) is 47.4 Å². The third-order valence-corrected chi connectivity index (χ3v) is 7.44. The Morgan fingerprint density at radius 3 is 2.44 bits per heavy atom. The Morgan fingerprint density at radius 2 is 1.79 bits per heavy atom. The van der Waals surface area contributed by atoms with Crippen molar-refractivity contribution < 1.29 is 9.50 Å². The van der Waals surface area contributed by atoms with E-state index in [1.165, 1.54) is 43.7 Å². The predicted octanol–water partition coefficient (Wildman–Crippen LogP) is 4.23. The first-order valence-corrected chi connectivity index (χ1v) is 11.7. The van der Waals surface area contributed by atoms with Gasteiger partial charge in [0.15, 0.2) is 5.82 Å². The number of phenols is 1. The zero-order chi connectivity index (χ0) is 24.1. The Kier molecular flexibility index (Phi) is 5.43. The maximum Gasteiger partial charge on any atom is 0.248 e. The van der Waals surface area contributed by atoms with E-state index in [-0.39, 0.29) is 33.5 Å². The van der Waals surface area contributed by atoms with Gasteiger partial charge in [-0.05, 0) is 81.8 Å². The molecule has 1 unspecified atom stereocenters. The molecular weight excluding hydrogens is 433 g/mol. The topological polar surface area (TPSA) is 94.1 Å². The molecule has 3 N–H and O–H groups in total. The molecule has 7 nitrogen and oxygen atoms in total. The number of H-pyrrole nitrogens is 1. The maximum atomic E-state index is 14.9. The van der Waals surface area contributed by atoms with Gasteiger partial charge in [-0.1, -0.05) is 0 Å². The van der Waals surface area contributed by atoms with Crippen LogP contribution in [0.25, 0.3) is 22.4 Å². The van der Waals surface area contributed by atoms with Crippen LogP contribution in [0.4, 0.5) is 10.2 Å². The van der Waals surface area contributed by atoms with Gasteiger partial charge in [0.2, 0.25) is 5.56 Å². The molecule has 0 spiro atoms. The van der Waals surface area contributed by atoms with Crippen molar-refractivity contribution in [3.63, 3.8) is 0 Å². The molecule has 2 aromatic heterocycles. The number of aromatic hydroxyl groups is 1. The predicted molar refractivity (Wildman–Crippen MR) is 130 cm³/mol. The van der Waals surface area contributed by atoms with Gasteiger partial charge in [-0.25, -0.2) is 4.39 Å². The molecule has 0 radical (unpaired) electrons. The van der Waals surface area contributed by atoms with Crippen LogP contribution in [0.2, 0.25) is 0 Å². The normalized spacial score (nSPS) is 26.3. The number of aromatic nitrogens is 3. The molecule has 178 valence electrons. The van der Waals surface area contributed by atoms with Crippen LogP contribution in [0.1, 0.15) is 46.0 Å². The number of aromatic amines is 1. The third kappa shape index (κ3) is 4.18. The molecule has 0 aliphatic carbocycles. The SMILES string of the molecule is CN(c1ccc(-c2cc(F)c(-c3cc[nH]c(=O)c3)cc2O)nn1)C1C[C@]2(C)CCC[C@](C)(C1)N2. The third-order valence-electron chi connectivity index (χ3n) is 7.44. The second-order valence-electron chi connectivity index (χ2n) is 10.3. The Balaban J connectivity index is 1.39. The quantitative estimate of drug-likeness (QED) is 0.536. The summed E-state index contributed by atoms with van der Waals surface area (Å²) in [6.45, 7) is 4.62. The molecule has 5 rings (SSSR count). The maximum absolute atomic E-state index is 14.9. The summed E-state index contributed by atoms with van der Waals surface area (Å²) in [7, 11) is 2.05. The summed E-state index contributed by atoms with van der Waals surface area (Å²) in [6, 6.07) is 9.39. The Labute approximate surface area is 198 Å². The number of rotatable bonds is 4. The lowest BCUT2D eigenvalue weighted by Gasteiger charge is -2.55. The Morgan fingerprint density at radius 1 is 1.06 bits per heavy atom. The van der Waals surface area contributed by atoms with Crippen molar-refractivity contribution in [2.75, 3.05) is 11.9 Å². The van der Waals surface area contributed by atoms with E-state index in [4.69, 9.17) is 0 Å². The molecule has 3 atom stereocenters. The summed E-state index contributed by atoms with van der Waals surface area (Å²) in [5.41, 5.74) is 1.09. The fourth-order valence-corrected chi connectivity index (χ4v) is 5.86. The van der Waals surface area contributed by atoms with E-state index in [2.05, 4.69) is 46.3 Å². The number of fused-ring (bicyclic) bond motifs is 2. The lowest BCUT2D eigenvalue weighted by Crippen LogP contribution is -2.66. The summed E-state index contributed by atoms with van der Waals surface area (Å²) in [6.07, 6.45) is 7.13. The molecule has 2 aliphatic heterocycles. The van der Waals surface area contributed by atoms with E-state index in [0.29, 0.717) is 17.3 Å². The number of phenolic OH excluding ortho intramolecular Hbond substituents is 1. The number of nitrogens with one attached hydrogen (secondary N) is 2. The molecule has 0 amide bonds.